The Bertz CT molecular complexity index is 182. The van der Waals surface area contributed by atoms with Gasteiger partial charge in [-0.3, -0.25) is 0 Å². The van der Waals surface area contributed by atoms with Gasteiger partial charge in [-0.15, -0.1) is 0 Å². The summed E-state index contributed by atoms with van der Waals surface area (Å²) in [6.07, 6.45) is 1.47. The minimum absolute atomic E-state index is 0.344. The minimum Gasteiger partial charge on any atom is -0.495 e. The van der Waals surface area contributed by atoms with Gasteiger partial charge in [0, 0.05) is 0 Å². The van der Waals surface area contributed by atoms with Gasteiger partial charge in [0.05, 0.1) is 6.61 Å². The Morgan fingerprint density at radius 1 is 1.58 bits per heavy atom. The van der Waals surface area contributed by atoms with Gasteiger partial charge >= 0.3 is 0 Å². The van der Waals surface area contributed by atoms with Crippen LogP contribution in [0.25, 0.3) is 0 Å². The Hall–Kier alpha value is -0.500. The molecule has 0 spiro atoms. The number of ether oxygens (including phenoxy) is 1. The lowest BCUT2D eigenvalue weighted by atomic mass is 10.2. The van der Waals surface area contributed by atoms with Crippen molar-refractivity contribution in [2.75, 3.05) is 6.61 Å². The molecule has 1 atom stereocenters. The van der Waals surface area contributed by atoms with Gasteiger partial charge in [-0.25, -0.2) is 0 Å². The summed E-state index contributed by atoms with van der Waals surface area (Å²) in [4.78, 5) is 0. The summed E-state index contributed by atoms with van der Waals surface area (Å²) < 4.78 is 5.52. The van der Waals surface area contributed by atoms with Crippen LogP contribution in [-0.4, -0.2) is 17.8 Å². The molecule has 0 aromatic rings. The Balaban J connectivity index is 2.44. The highest BCUT2D eigenvalue weighted by molar-refractivity contribution is 5.16. The zero-order valence-electron chi connectivity index (χ0n) is 8.13. The Morgan fingerprint density at radius 3 is 2.67 bits per heavy atom. The molecule has 1 aliphatic carbocycles. The van der Waals surface area contributed by atoms with E-state index in [1.165, 1.54) is 5.57 Å². The average molecular weight is 170 g/mol. The van der Waals surface area contributed by atoms with Gasteiger partial charge in [0.1, 0.15) is 11.9 Å². The second-order valence-electron chi connectivity index (χ2n) is 3.90. The lowest BCUT2D eigenvalue weighted by Gasteiger charge is -2.13. The van der Waals surface area contributed by atoms with Crippen LogP contribution in [-0.2, 0) is 4.74 Å². The van der Waals surface area contributed by atoms with E-state index in [9.17, 15) is 5.11 Å². The van der Waals surface area contributed by atoms with Gasteiger partial charge < -0.3 is 9.84 Å². The molecule has 0 bridgehead atoms. The van der Waals surface area contributed by atoms with E-state index in [-0.39, 0.29) is 6.10 Å². The van der Waals surface area contributed by atoms with E-state index in [0.717, 1.165) is 18.6 Å². The molecule has 2 heteroatoms. The first-order valence-corrected chi connectivity index (χ1v) is 4.61. The minimum atomic E-state index is -0.344. The quantitative estimate of drug-likeness (QED) is 0.702. The molecule has 12 heavy (non-hydrogen) atoms. The highest BCUT2D eigenvalue weighted by Gasteiger charge is 2.22. The van der Waals surface area contributed by atoms with Crippen molar-refractivity contribution >= 4 is 0 Å². The molecule has 0 amide bonds. The zero-order valence-corrected chi connectivity index (χ0v) is 8.13. The molecular weight excluding hydrogens is 152 g/mol. The molecule has 0 aromatic heterocycles. The predicted octanol–water partition coefficient (Wildman–Crippen LogP) is 2.09. The Labute approximate surface area is 74.2 Å². The first-order valence-electron chi connectivity index (χ1n) is 4.61. The zero-order chi connectivity index (χ0) is 9.14. The molecule has 2 nitrogen and oxygen atoms in total. The van der Waals surface area contributed by atoms with E-state index in [1.807, 2.05) is 6.92 Å². The number of hydrogen-bond donors (Lipinski definition) is 1. The molecule has 1 rings (SSSR count). The second kappa shape index (κ2) is 3.94. The van der Waals surface area contributed by atoms with Gasteiger partial charge in [0.25, 0.3) is 0 Å². The highest BCUT2D eigenvalue weighted by Crippen LogP contribution is 2.27. The standard InChI is InChI=1S/C10H18O2/c1-7(2)6-12-10-8(3)4-5-9(10)11/h7,9,11H,4-6H2,1-3H3. The molecule has 0 aliphatic heterocycles. The van der Waals surface area contributed by atoms with Crippen LogP contribution in [0, 0.1) is 5.92 Å². The lowest BCUT2D eigenvalue weighted by Crippen LogP contribution is -2.11. The second-order valence-corrected chi connectivity index (χ2v) is 3.90. The molecule has 1 N–H and O–H groups in total. The molecule has 0 radical (unpaired) electrons. The van der Waals surface area contributed by atoms with E-state index in [2.05, 4.69) is 13.8 Å². The van der Waals surface area contributed by atoms with Gasteiger partial charge in [-0.1, -0.05) is 13.8 Å². The first-order chi connectivity index (χ1) is 5.61. The van der Waals surface area contributed by atoms with Crippen LogP contribution in [0.15, 0.2) is 11.3 Å². The number of hydrogen-bond acceptors (Lipinski definition) is 2. The van der Waals surface area contributed by atoms with Crippen molar-refractivity contribution in [2.45, 2.75) is 39.7 Å². The van der Waals surface area contributed by atoms with Crippen molar-refractivity contribution in [3.8, 4) is 0 Å². The summed E-state index contributed by atoms with van der Waals surface area (Å²) in [6.45, 7) is 6.96. The molecule has 0 saturated heterocycles. The molecule has 70 valence electrons. The Morgan fingerprint density at radius 2 is 2.25 bits per heavy atom. The van der Waals surface area contributed by atoms with Gasteiger partial charge in [0.15, 0.2) is 0 Å². The van der Waals surface area contributed by atoms with Gasteiger partial charge in [0.2, 0.25) is 0 Å². The van der Waals surface area contributed by atoms with Crippen molar-refractivity contribution in [1.29, 1.82) is 0 Å². The van der Waals surface area contributed by atoms with Crippen molar-refractivity contribution in [3.63, 3.8) is 0 Å². The van der Waals surface area contributed by atoms with Crippen LogP contribution in [0.3, 0.4) is 0 Å². The fourth-order valence-corrected chi connectivity index (χ4v) is 1.37. The summed E-state index contributed by atoms with van der Waals surface area (Å²) in [5.74, 6) is 1.35. The monoisotopic (exact) mass is 170 g/mol. The molecule has 0 fully saturated rings. The van der Waals surface area contributed by atoms with Crippen molar-refractivity contribution in [2.24, 2.45) is 5.92 Å². The summed E-state index contributed by atoms with van der Waals surface area (Å²) in [6, 6.07) is 0. The third-order valence-electron chi connectivity index (χ3n) is 2.09. The van der Waals surface area contributed by atoms with Crippen molar-refractivity contribution in [3.05, 3.63) is 11.3 Å². The molecule has 1 unspecified atom stereocenters. The van der Waals surface area contributed by atoms with E-state index in [1.54, 1.807) is 0 Å². The summed E-state index contributed by atoms with van der Waals surface area (Å²) >= 11 is 0. The first kappa shape index (κ1) is 9.59. The molecule has 0 heterocycles. The maximum absolute atomic E-state index is 9.49. The third kappa shape index (κ3) is 2.24. The largest absolute Gasteiger partial charge is 0.495 e. The smallest absolute Gasteiger partial charge is 0.123 e. The molecule has 0 saturated carbocycles. The highest BCUT2D eigenvalue weighted by atomic mass is 16.5. The molecular formula is C10H18O2. The van der Waals surface area contributed by atoms with Gasteiger partial charge in [-0.2, -0.15) is 0 Å². The number of allylic oxidation sites excluding steroid dienone is 1. The average Bonchev–Trinajstić information content (AvgIpc) is 2.28. The van der Waals surface area contributed by atoms with Crippen LogP contribution in [0.5, 0.6) is 0 Å². The van der Waals surface area contributed by atoms with Crippen LogP contribution in [0.1, 0.15) is 33.6 Å². The predicted molar refractivity (Wildman–Crippen MR) is 48.7 cm³/mol. The third-order valence-corrected chi connectivity index (χ3v) is 2.09. The summed E-state index contributed by atoms with van der Waals surface area (Å²) in [5, 5.41) is 9.49. The van der Waals surface area contributed by atoms with Crippen LogP contribution in [0.4, 0.5) is 0 Å². The fourth-order valence-electron chi connectivity index (χ4n) is 1.37. The topological polar surface area (TPSA) is 29.5 Å². The molecule has 1 aliphatic rings. The van der Waals surface area contributed by atoms with Crippen molar-refractivity contribution < 1.29 is 9.84 Å². The van der Waals surface area contributed by atoms with Crippen LogP contribution in [0.2, 0.25) is 0 Å². The normalized spacial score (nSPS) is 23.9. The van der Waals surface area contributed by atoms with E-state index in [0.29, 0.717) is 12.5 Å². The van der Waals surface area contributed by atoms with Crippen molar-refractivity contribution in [1.82, 2.24) is 0 Å². The maximum atomic E-state index is 9.49. The number of aliphatic hydroxyl groups excluding tert-OH is 1. The number of rotatable bonds is 3. The van der Waals surface area contributed by atoms with E-state index >= 15 is 0 Å². The SMILES string of the molecule is CC1=C(OCC(C)C)C(O)CC1. The van der Waals surface area contributed by atoms with Crippen LogP contribution < -0.4 is 0 Å². The van der Waals surface area contributed by atoms with Gasteiger partial charge in [-0.05, 0) is 31.3 Å². The molecule has 0 aromatic carbocycles. The fraction of sp³-hybridized carbons (Fsp3) is 0.800. The number of aliphatic hydroxyl groups is 1. The summed E-state index contributed by atoms with van der Waals surface area (Å²) in [5.41, 5.74) is 1.21. The van der Waals surface area contributed by atoms with E-state index < -0.39 is 0 Å². The lowest BCUT2D eigenvalue weighted by molar-refractivity contribution is 0.0942. The summed E-state index contributed by atoms with van der Waals surface area (Å²) in [7, 11) is 0. The van der Waals surface area contributed by atoms with E-state index in [4.69, 9.17) is 4.74 Å². The Kier molecular flexibility index (Phi) is 3.15. The maximum Gasteiger partial charge on any atom is 0.123 e. The van der Waals surface area contributed by atoms with Crippen LogP contribution >= 0.6 is 0 Å².